The second kappa shape index (κ2) is 5.34. The maximum atomic E-state index is 11.3. The topological polar surface area (TPSA) is 75.4 Å². The second-order valence-electron chi connectivity index (χ2n) is 3.79. The standard InChI is InChI=1S/C12H17N3O2/c1-4-12(17)14-10-5-9(13)6-11(7-10)15(3)8(2)16/h5-7H,4,13H2,1-3H3,(H,14,17). The highest BCUT2D eigenvalue weighted by molar-refractivity contribution is 5.95. The Kier molecular flexibility index (Phi) is 4.09. The summed E-state index contributed by atoms with van der Waals surface area (Å²) in [5.41, 5.74) is 7.48. The van der Waals surface area contributed by atoms with E-state index in [0.29, 0.717) is 23.5 Å². The van der Waals surface area contributed by atoms with Gasteiger partial charge in [0.05, 0.1) is 0 Å². The summed E-state index contributed by atoms with van der Waals surface area (Å²) in [4.78, 5) is 24.0. The summed E-state index contributed by atoms with van der Waals surface area (Å²) in [6.45, 7) is 3.23. The van der Waals surface area contributed by atoms with Gasteiger partial charge in [0.15, 0.2) is 0 Å². The molecule has 1 aromatic rings. The molecule has 0 spiro atoms. The second-order valence-corrected chi connectivity index (χ2v) is 3.79. The Labute approximate surface area is 101 Å². The SMILES string of the molecule is CCC(=O)Nc1cc(N)cc(N(C)C(C)=O)c1. The van der Waals surface area contributed by atoms with Crippen LogP contribution in [-0.2, 0) is 9.59 Å². The fourth-order valence-electron chi connectivity index (χ4n) is 1.33. The number of rotatable bonds is 3. The van der Waals surface area contributed by atoms with Crippen molar-refractivity contribution in [2.45, 2.75) is 20.3 Å². The van der Waals surface area contributed by atoms with Crippen LogP contribution in [0.3, 0.4) is 0 Å². The molecule has 0 unspecified atom stereocenters. The first-order chi connectivity index (χ1) is 7.93. The number of amides is 2. The van der Waals surface area contributed by atoms with Gasteiger partial charge in [-0.1, -0.05) is 6.92 Å². The molecule has 0 saturated carbocycles. The predicted octanol–water partition coefficient (Wildman–Crippen LogP) is 1.60. The molecule has 3 N–H and O–H groups in total. The number of carbonyl (C=O) groups is 2. The van der Waals surface area contributed by atoms with Crippen molar-refractivity contribution in [3.63, 3.8) is 0 Å². The number of carbonyl (C=O) groups excluding carboxylic acids is 2. The zero-order valence-electron chi connectivity index (χ0n) is 10.3. The first-order valence-corrected chi connectivity index (χ1v) is 5.38. The first kappa shape index (κ1) is 13.0. The van der Waals surface area contributed by atoms with Crippen molar-refractivity contribution in [1.82, 2.24) is 0 Å². The molecule has 0 atom stereocenters. The maximum Gasteiger partial charge on any atom is 0.224 e. The summed E-state index contributed by atoms with van der Waals surface area (Å²) in [5.74, 6) is -0.185. The van der Waals surface area contributed by atoms with Crippen molar-refractivity contribution in [2.75, 3.05) is 23.0 Å². The Morgan fingerprint density at radius 3 is 2.53 bits per heavy atom. The van der Waals surface area contributed by atoms with Crippen LogP contribution in [0.2, 0.25) is 0 Å². The van der Waals surface area contributed by atoms with E-state index in [2.05, 4.69) is 5.32 Å². The number of hydrogen-bond acceptors (Lipinski definition) is 3. The van der Waals surface area contributed by atoms with Gasteiger partial charge in [-0.3, -0.25) is 9.59 Å². The largest absolute Gasteiger partial charge is 0.399 e. The van der Waals surface area contributed by atoms with E-state index < -0.39 is 0 Å². The van der Waals surface area contributed by atoms with Crippen LogP contribution in [0.1, 0.15) is 20.3 Å². The highest BCUT2D eigenvalue weighted by Crippen LogP contribution is 2.23. The van der Waals surface area contributed by atoms with Crippen LogP contribution in [0.5, 0.6) is 0 Å². The Morgan fingerprint density at radius 1 is 1.35 bits per heavy atom. The van der Waals surface area contributed by atoms with E-state index >= 15 is 0 Å². The van der Waals surface area contributed by atoms with E-state index in [9.17, 15) is 9.59 Å². The Balaban J connectivity index is 3.01. The normalized spacial score (nSPS) is 9.82. The number of anilines is 3. The minimum atomic E-state index is -0.0941. The van der Waals surface area contributed by atoms with Gasteiger partial charge in [0.2, 0.25) is 11.8 Å². The lowest BCUT2D eigenvalue weighted by molar-refractivity contribution is -0.116. The van der Waals surface area contributed by atoms with Crippen LogP contribution >= 0.6 is 0 Å². The summed E-state index contributed by atoms with van der Waals surface area (Å²) in [6.07, 6.45) is 0.396. The third-order valence-corrected chi connectivity index (χ3v) is 2.40. The smallest absolute Gasteiger partial charge is 0.224 e. The van der Waals surface area contributed by atoms with E-state index in [1.807, 2.05) is 0 Å². The number of benzene rings is 1. The number of nitrogen functional groups attached to an aromatic ring is 1. The van der Waals surface area contributed by atoms with Crippen LogP contribution in [0.4, 0.5) is 17.1 Å². The molecule has 0 aromatic heterocycles. The number of nitrogens with two attached hydrogens (primary N) is 1. The zero-order chi connectivity index (χ0) is 13.0. The van der Waals surface area contributed by atoms with E-state index in [4.69, 9.17) is 5.73 Å². The van der Waals surface area contributed by atoms with Crippen LogP contribution in [0, 0.1) is 0 Å². The first-order valence-electron chi connectivity index (χ1n) is 5.38. The van der Waals surface area contributed by atoms with Crippen LogP contribution in [0.25, 0.3) is 0 Å². The van der Waals surface area contributed by atoms with Gasteiger partial charge in [-0.05, 0) is 18.2 Å². The van der Waals surface area contributed by atoms with Crippen LogP contribution in [-0.4, -0.2) is 18.9 Å². The van der Waals surface area contributed by atoms with Crippen molar-refractivity contribution in [3.05, 3.63) is 18.2 Å². The van der Waals surface area contributed by atoms with Gasteiger partial charge in [-0.25, -0.2) is 0 Å². The lowest BCUT2D eigenvalue weighted by atomic mass is 10.2. The molecular weight excluding hydrogens is 218 g/mol. The van der Waals surface area contributed by atoms with Gasteiger partial charge in [0, 0.05) is 37.5 Å². The molecule has 92 valence electrons. The summed E-state index contributed by atoms with van der Waals surface area (Å²) < 4.78 is 0. The molecule has 5 heteroatoms. The van der Waals surface area contributed by atoms with Crippen molar-refractivity contribution in [3.8, 4) is 0 Å². The third kappa shape index (κ3) is 3.48. The highest BCUT2D eigenvalue weighted by atomic mass is 16.2. The van der Waals surface area contributed by atoms with E-state index in [-0.39, 0.29) is 11.8 Å². The molecule has 0 aliphatic carbocycles. The number of hydrogen-bond donors (Lipinski definition) is 2. The molecule has 0 heterocycles. The van der Waals surface area contributed by atoms with Gasteiger partial charge >= 0.3 is 0 Å². The quantitative estimate of drug-likeness (QED) is 0.781. The monoisotopic (exact) mass is 235 g/mol. The van der Waals surface area contributed by atoms with Crippen molar-refractivity contribution in [1.29, 1.82) is 0 Å². The molecule has 0 fully saturated rings. The highest BCUT2D eigenvalue weighted by Gasteiger charge is 2.08. The molecule has 0 aliphatic heterocycles. The van der Waals surface area contributed by atoms with Crippen molar-refractivity contribution in [2.24, 2.45) is 0 Å². The lowest BCUT2D eigenvalue weighted by Crippen LogP contribution is -2.23. The maximum absolute atomic E-state index is 11.3. The molecule has 0 saturated heterocycles. The molecule has 1 rings (SSSR count). The number of nitrogens with zero attached hydrogens (tertiary/aromatic N) is 1. The van der Waals surface area contributed by atoms with Gasteiger partial charge in [-0.2, -0.15) is 0 Å². The van der Waals surface area contributed by atoms with E-state index in [0.717, 1.165) is 0 Å². The minimum Gasteiger partial charge on any atom is -0.399 e. The summed E-state index contributed by atoms with van der Waals surface area (Å²) in [6, 6.07) is 5.05. The average Bonchev–Trinajstić information content (AvgIpc) is 2.26. The minimum absolute atomic E-state index is 0.0907. The zero-order valence-corrected chi connectivity index (χ0v) is 10.3. The van der Waals surface area contributed by atoms with Gasteiger partial charge < -0.3 is 16.0 Å². The summed E-state index contributed by atoms with van der Waals surface area (Å²) in [7, 11) is 1.66. The van der Waals surface area contributed by atoms with Gasteiger partial charge in [0.25, 0.3) is 0 Å². The fraction of sp³-hybridized carbons (Fsp3) is 0.333. The van der Waals surface area contributed by atoms with E-state index in [1.54, 1.807) is 32.2 Å². The van der Waals surface area contributed by atoms with E-state index in [1.165, 1.54) is 11.8 Å². The Hall–Kier alpha value is -2.04. The molecule has 0 bridgehead atoms. The van der Waals surface area contributed by atoms with Crippen molar-refractivity contribution < 1.29 is 9.59 Å². The van der Waals surface area contributed by atoms with Crippen molar-refractivity contribution >= 4 is 28.9 Å². The predicted molar refractivity (Wildman–Crippen MR) is 68.9 cm³/mol. The molecule has 0 aliphatic rings. The van der Waals surface area contributed by atoms with Gasteiger partial charge in [-0.15, -0.1) is 0 Å². The number of nitrogens with one attached hydrogen (secondary N) is 1. The van der Waals surface area contributed by atoms with Crippen LogP contribution < -0.4 is 16.0 Å². The summed E-state index contributed by atoms with van der Waals surface area (Å²) >= 11 is 0. The third-order valence-electron chi connectivity index (χ3n) is 2.40. The van der Waals surface area contributed by atoms with Crippen LogP contribution in [0.15, 0.2) is 18.2 Å². The average molecular weight is 235 g/mol. The fourth-order valence-corrected chi connectivity index (χ4v) is 1.33. The van der Waals surface area contributed by atoms with Gasteiger partial charge in [0.1, 0.15) is 0 Å². The molecule has 1 aromatic carbocycles. The Bertz CT molecular complexity index is 443. The molecule has 17 heavy (non-hydrogen) atoms. The molecule has 5 nitrogen and oxygen atoms in total. The summed E-state index contributed by atoms with van der Waals surface area (Å²) in [5, 5.41) is 2.71. The molecule has 2 amide bonds. The Morgan fingerprint density at radius 2 is 2.00 bits per heavy atom. The molecule has 0 radical (unpaired) electrons. The lowest BCUT2D eigenvalue weighted by Gasteiger charge is -2.17. The molecular formula is C12H17N3O2.